The molecule has 2 N–H and O–H groups in total. The van der Waals surface area contributed by atoms with Gasteiger partial charge in [0.25, 0.3) is 0 Å². The van der Waals surface area contributed by atoms with Crippen molar-refractivity contribution in [2.75, 3.05) is 12.0 Å². The first-order chi connectivity index (χ1) is 7.69. The molecule has 0 unspecified atom stereocenters. The largest absolute Gasteiger partial charge is 0.398 e. The highest BCUT2D eigenvalue weighted by Gasteiger charge is 2.08. The van der Waals surface area contributed by atoms with E-state index in [-0.39, 0.29) is 5.82 Å². The lowest BCUT2D eigenvalue weighted by atomic mass is 10.3. The van der Waals surface area contributed by atoms with Crippen LogP contribution in [0.25, 0.3) is 0 Å². The summed E-state index contributed by atoms with van der Waals surface area (Å²) < 4.78 is 14.7. The van der Waals surface area contributed by atoms with Crippen molar-refractivity contribution in [2.45, 2.75) is 13.6 Å². The predicted octanol–water partition coefficient (Wildman–Crippen LogP) is 3.13. The molecule has 1 aromatic heterocycles. The van der Waals surface area contributed by atoms with Gasteiger partial charge in [0.15, 0.2) is 8.68 Å². The molecule has 0 spiro atoms. The van der Waals surface area contributed by atoms with E-state index < -0.39 is 0 Å². The van der Waals surface area contributed by atoms with Crippen LogP contribution in [-0.4, -0.2) is 16.5 Å². The number of aromatic nitrogens is 2. The highest BCUT2D eigenvalue weighted by molar-refractivity contribution is 8.03. The van der Waals surface area contributed by atoms with E-state index in [1.54, 1.807) is 6.07 Å². The zero-order valence-electron chi connectivity index (χ0n) is 8.31. The van der Waals surface area contributed by atoms with Crippen LogP contribution in [0.5, 0.6) is 0 Å². The van der Waals surface area contributed by atoms with Gasteiger partial charge in [0, 0.05) is 10.6 Å². The van der Waals surface area contributed by atoms with Crippen molar-refractivity contribution in [1.29, 1.82) is 0 Å². The minimum absolute atomic E-state index is 0.300. The molecule has 0 fully saturated rings. The van der Waals surface area contributed by atoms with Crippen LogP contribution in [0.4, 0.5) is 10.1 Å². The van der Waals surface area contributed by atoms with Gasteiger partial charge < -0.3 is 5.73 Å². The summed E-state index contributed by atoms with van der Waals surface area (Å²) in [6.45, 7) is 0. The van der Waals surface area contributed by atoms with Gasteiger partial charge in [0.2, 0.25) is 0 Å². The number of hydrogen-bond donors (Lipinski definition) is 1. The molecule has 0 bridgehead atoms. The molecule has 16 heavy (non-hydrogen) atoms. The Labute approximate surface area is 105 Å². The first kappa shape index (κ1) is 11.7. The van der Waals surface area contributed by atoms with Crippen molar-refractivity contribution >= 4 is 40.5 Å². The normalized spacial score (nSPS) is 10.6. The van der Waals surface area contributed by atoms with E-state index in [1.807, 2.05) is 6.26 Å². The lowest BCUT2D eigenvalue weighted by Crippen LogP contribution is -1.89. The molecule has 2 rings (SSSR count). The summed E-state index contributed by atoms with van der Waals surface area (Å²) in [4.78, 5) is 0.670. The van der Waals surface area contributed by atoms with E-state index in [9.17, 15) is 4.39 Å². The Morgan fingerprint density at radius 2 is 2.06 bits per heavy atom. The van der Waals surface area contributed by atoms with E-state index in [4.69, 9.17) is 5.73 Å². The van der Waals surface area contributed by atoms with Gasteiger partial charge in [-0.3, -0.25) is 0 Å². The van der Waals surface area contributed by atoms with Crippen molar-refractivity contribution in [3.8, 4) is 0 Å². The monoisotopic (exact) mass is 273 g/mol. The number of nitrogen functional groups attached to an aromatic ring is 1. The van der Waals surface area contributed by atoms with E-state index in [0.717, 1.165) is 8.68 Å². The van der Waals surface area contributed by atoms with E-state index in [2.05, 4.69) is 10.2 Å². The van der Waals surface area contributed by atoms with Gasteiger partial charge in [-0.05, 0) is 24.5 Å². The van der Waals surface area contributed by atoms with Crippen molar-refractivity contribution in [1.82, 2.24) is 10.2 Å². The van der Waals surface area contributed by atoms with Gasteiger partial charge in [-0.15, -0.1) is 10.2 Å². The maximum atomic E-state index is 13.0. The molecule has 0 saturated heterocycles. The summed E-state index contributed by atoms with van der Waals surface area (Å²) in [5, 5.41) is 7.94. The summed E-state index contributed by atoms with van der Waals surface area (Å²) in [5.41, 5.74) is 6.29. The second-order valence-corrected chi connectivity index (χ2v) is 6.14. The van der Waals surface area contributed by atoms with Crippen LogP contribution < -0.4 is 5.73 Å². The number of nitrogens with two attached hydrogens (primary N) is 1. The molecule has 0 aliphatic rings. The van der Waals surface area contributed by atoms with Gasteiger partial charge in [-0.25, -0.2) is 4.39 Å². The topological polar surface area (TPSA) is 51.8 Å². The predicted molar refractivity (Wildman–Crippen MR) is 66.6 cm³/mol. The molecule has 0 saturated carbocycles. The van der Waals surface area contributed by atoms with Gasteiger partial charge >= 0.3 is 0 Å². The lowest BCUT2D eigenvalue weighted by molar-refractivity contribution is 0.624. The Morgan fingerprint density at radius 3 is 2.75 bits per heavy atom. The standard InChI is InChI=1S/C9H8FN3S3/c1-14-8-12-13-9(16-8)15-7-4-5(10)2-3-6(7)11/h2-4H,11H2,1H3. The average Bonchev–Trinajstić information content (AvgIpc) is 2.71. The van der Waals surface area contributed by atoms with Crippen molar-refractivity contribution in [3.63, 3.8) is 0 Å². The molecular weight excluding hydrogens is 265 g/mol. The highest BCUT2D eigenvalue weighted by atomic mass is 32.2. The Hall–Kier alpha value is -0.790. The van der Waals surface area contributed by atoms with Crippen LogP contribution in [0.2, 0.25) is 0 Å². The Balaban J connectivity index is 2.22. The molecule has 0 atom stereocenters. The maximum Gasteiger partial charge on any atom is 0.179 e. The van der Waals surface area contributed by atoms with Crippen LogP contribution in [0.3, 0.4) is 0 Å². The van der Waals surface area contributed by atoms with Gasteiger partial charge in [0.1, 0.15) is 5.82 Å². The maximum absolute atomic E-state index is 13.0. The van der Waals surface area contributed by atoms with Gasteiger partial charge in [-0.2, -0.15) is 0 Å². The number of benzene rings is 1. The number of nitrogens with zero attached hydrogens (tertiary/aromatic N) is 2. The van der Waals surface area contributed by atoms with Gasteiger partial charge in [0.05, 0.1) is 0 Å². The molecule has 1 aromatic carbocycles. The average molecular weight is 273 g/mol. The summed E-state index contributed by atoms with van der Waals surface area (Å²) in [7, 11) is 0. The molecule has 2 aromatic rings. The first-order valence-corrected chi connectivity index (χ1v) is 7.15. The highest BCUT2D eigenvalue weighted by Crippen LogP contribution is 2.35. The summed E-state index contributed by atoms with van der Waals surface area (Å²) >= 11 is 4.33. The molecular formula is C9H8FN3S3. The Bertz CT molecular complexity index is 500. The summed E-state index contributed by atoms with van der Waals surface area (Å²) in [6, 6.07) is 4.29. The van der Waals surface area contributed by atoms with Crippen LogP contribution in [0, 0.1) is 5.82 Å². The number of anilines is 1. The zero-order chi connectivity index (χ0) is 11.5. The fourth-order valence-corrected chi connectivity index (χ4v) is 3.48. The van der Waals surface area contributed by atoms with E-state index in [1.165, 1.54) is 47.0 Å². The van der Waals surface area contributed by atoms with Crippen LogP contribution >= 0.6 is 34.9 Å². The van der Waals surface area contributed by atoms with Crippen molar-refractivity contribution in [2.24, 2.45) is 0 Å². The summed E-state index contributed by atoms with van der Waals surface area (Å²) in [6.07, 6.45) is 1.94. The van der Waals surface area contributed by atoms with Crippen LogP contribution in [0.1, 0.15) is 0 Å². The third-order valence-electron chi connectivity index (χ3n) is 1.74. The van der Waals surface area contributed by atoms with Crippen molar-refractivity contribution in [3.05, 3.63) is 24.0 Å². The number of rotatable bonds is 3. The van der Waals surface area contributed by atoms with Gasteiger partial charge in [-0.1, -0.05) is 34.9 Å². The van der Waals surface area contributed by atoms with Crippen LogP contribution in [0.15, 0.2) is 31.8 Å². The molecule has 0 aliphatic carbocycles. The Morgan fingerprint density at radius 1 is 1.31 bits per heavy atom. The fraction of sp³-hybridized carbons (Fsp3) is 0.111. The quantitative estimate of drug-likeness (QED) is 0.688. The summed E-state index contributed by atoms with van der Waals surface area (Å²) in [5.74, 6) is -0.300. The first-order valence-electron chi connectivity index (χ1n) is 4.29. The SMILES string of the molecule is CSc1nnc(Sc2cc(F)ccc2N)s1. The molecule has 0 radical (unpaired) electrons. The third kappa shape index (κ3) is 2.66. The van der Waals surface area contributed by atoms with E-state index in [0.29, 0.717) is 10.6 Å². The minimum Gasteiger partial charge on any atom is -0.398 e. The molecule has 0 amide bonds. The second-order valence-electron chi connectivity index (χ2n) is 2.82. The molecule has 84 valence electrons. The fourth-order valence-electron chi connectivity index (χ4n) is 1.01. The number of hydrogen-bond acceptors (Lipinski definition) is 6. The van der Waals surface area contributed by atoms with Crippen molar-refractivity contribution < 1.29 is 4.39 Å². The zero-order valence-corrected chi connectivity index (χ0v) is 10.8. The minimum atomic E-state index is -0.300. The second kappa shape index (κ2) is 5.03. The van der Waals surface area contributed by atoms with E-state index >= 15 is 0 Å². The molecule has 0 aliphatic heterocycles. The third-order valence-corrected chi connectivity index (χ3v) is 4.76. The smallest absolute Gasteiger partial charge is 0.179 e. The number of halogens is 1. The lowest BCUT2D eigenvalue weighted by Gasteiger charge is -2.01. The molecule has 7 heteroatoms. The van der Waals surface area contributed by atoms with Crippen LogP contribution in [-0.2, 0) is 0 Å². The molecule has 3 nitrogen and oxygen atoms in total. The number of thioether (sulfide) groups is 1. The Kier molecular flexibility index (Phi) is 3.67. The molecule has 1 heterocycles.